The van der Waals surface area contributed by atoms with Gasteiger partial charge in [0.15, 0.2) is 0 Å². The summed E-state index contributed by atoms with van der Waals surface area (Å²) in [5.74, 6) is 0. The third-order valence-corrected chi connectivity index (χ3v) is 3.16. The maximum atomic E-state index is 2.18. The number of hydrogen-bond donors (Lipinski definition) is 0. The molecule has 1 radical (unpaired) electrons. The summed E-state index contributed by atoms with van der Waals surface area (Å²) in [7, 11) is 1.28. The molecule has 69 valence electrons. The van der Waals surface area contributed by atoms with Gasteiger partial charge in [-0.3, -0.25) is 0 Å². The SMILES string of the molecule is Cc1ccc([P]c2ccccc2)cc1. The van der Waals surface area contributed by atoms with E-state index in [0.29, 0.717) is 0 Å². The third-order valence-electron chi connectivity index (χ3n) is 2.05. The van der Waals surface area contributed by atoms with Crippen molar-refractivity contribution in [3.63, 3.8) is 0 Å². The third kappa shape index (κ3) is 2.43. The van der Waals surface area contributed by atoms with E-state index in [-0.39, 0.29) is 0 Å². The van der Waals surface area contributed by atoms with Gasteiger partial charge < -0.3 is 0 Å². The lowest BCUT2D eigenvalue weighted by Gasteiger charge is -2.00. The van der Waals surface area contributed by atoms with Gasteiger partial charge in [-0.1, -0.05) is 60.2 Å². The Bertz CT molecular complexity index is 389. The van der Waals surface area contributed by atoms with E-state index in [9.17, 15) is 0 Å². The Morgan fingerprint density at radius 3 is 1.93 bits per heavy atom. The maximum absolute atomic E-state index is 2.18. The van der Waals surface area contributed by atoms with Gasteiger partial charge in [-0.25, -0.2) is 0 Å². The predicted molar refractivity (Wildman–Crippen MR) is 63.8 cm³/mol. The van der Waals surface area contributed by atoms with E-state index in [2.05, 4.69) is 55.5 Å². The van der Waals surface area contributed by atoms with Crippen molar-refractivity contribution in [3.05, 3.63) is 60.2 Å². The topological polar surface area (TPSA) is 0 Å². The molecule has 0 fully saturated rings. The summed E-state index contributed by atoms with van der Waals surface area (Å²) in [5.41, 5.74) is 1.32. The Kier molecular flexibility index (Phi) is 2.96. The molecule has 0 unspecified atom stereocenters. The smallest absolute Gasteiger partial charge is 0.0100 e. The van der Waals surface area contributed by atoms with Crippen LogP contribution in [0.1, 0.15) is 5.56 Å². The summed E-state index contributed by atoms with van der Waals surface area (Å²) in [4.78, 5) is 0. The first-order valence-electron chi connectivity index (χ1n) is 4.68. The molecule has 0 aliphatic carbocycles. The average molecular weight is 199 g/mol. The van der Waals surface area contributed by atoms with E-state index < -0.39 is 0 Å². The molecule has 1 heteroatoms. The van der Waals surface area contributed by atoms with Gasteiger partial charge in [0, 0.05) is 0 Å². The molecule has 0 amide bonds. The zero-order chi connectivity index (χ0) is 9.80. The molecule has 0 N–H and O–H groups in total. The van der Waals surface area contributed by atoms with E-state index >= 15 is 0 Å². The standard InChI is InChI=1S/C13H12P/c1-11-7-9-13(10-8-11)14-12-5-3-2-4-6-12/h2-10H,1H3. The summed E-state index contributed by atoms with van der Waals surface area (Å²) in [5, 5.41) is 2.69. The first kappa shape index (κ1) is 9.43. The maximum Gasteiger partial charge on any atom is -0.0100 e. The molecule has 0 spiro atoms. The molecule has 0 bridgehead atoms. The minimum atomic E-state index is 1.28. The fourth-order valence-corrected chi connectivity index (χ4v) is 2.19. The normalized spacial score (nSPS) is 10.9. The molecule has 0 atom stereocenters. The molecule has 2 rings (SSSR count). The van der Waals surface area contributed by atoms with E-state index in [0.717, 1.165) is 0 Å². The molecule has 2 aromatic rings. The van der Waals surface area contributed by atoms with E-state index in [1.54, 1.807) is 0 Å². The Morgan fingerprint density at radius 1 is 0.714 bits per heavy atom. The van der Waals surface area contributed by atoms with E-state index in [1.807, 2.05) is 6.07 Å². The second kappa shape index (κ2) is 4.39. The monoisotopic (exact) mass is 199 g/mol. The number of benzene rings is 2. The van der Waals surface area contributed by atoms with Crippen LogP contribution in [0.15, 0.2) is 54.6 Å². The summed E-state index contributed by atoms with van der Waals surface area (Å²) >= 11 is 0. The van der Waals surface area contributed by atoms with Gasteiger partial charge in [-0.15, -0.1) is 0 Å². The highest BCUT2D eigenvalue weighted by molar-refractivity contribution is 7.55. The van der Waals surface area contributed by atoms with Crippen molar-refractivity contribution in [3.8, 4) is 0 Å². The van der Waals surface area contributed by atoms with Crippen LogP contribution >= 0.6 is 8.58 Å². The second-order valence-corrected chi connectivity index (χ2v) is 4.54. The molecule has 0 nitrogen and oxygen atoms in total. The first-order chi connectivity index (χ1) is 6.84. The summed E-state index contributed by atoms with van der Waals surface area (Å²) in [6, 6.07) is 19.2. The highest BCUT2D eigenvalue weighted by Crippen LogP contribution is 2.10. The van der Waals surface area contributed by atoms with Crippen LogP contribution in [0.3, 0.4) is 0 Å². The highest BCUT2D eigenvalue weighted by Gasteiger charge is 1.95. The Labute approximate surface area is 86.8 Å². The lowest BCUT2D eigenvalue weighted by molar-refractivity contribution is 1.49. The van der Waals surface area contributed by atoms with Crippen LogP contribution < -0.4 is 10.6 Å². The molecule has 0 saturated carbocycles. The average Bonchev–Trinajstić information content (AvgIpc) is 2.23. The molecule has 0 saturated heterocycles. The lowest BCUT2D eigenvalue weighted by atomic mass is 10.2. The Hall–Kier alpha value is -1.13. The van der Waals surface area contributed by atoms with Crippen molar-refractivity contribution in [1.29, 1.82) is 0 Å². The van der Waals surface area contributed by atoms with Gasteiger partial charge >= 0.3 is 0 Å². The van der Waals surface area contributed by atoms with Crippen molar-refractivity contribution in [2.45, 2.75) is 6.92 Å². The van der Waals surface area contributed by atoms with Gasteiger partial charge in [0.2, 0.25) is 0 Å². The van der Waals surface area contributed by atoms with Crippen LogP contribution in [-0.2, 0) is 0 Å². The summed E-state index contributed by atoms with van der Waals surface area (Å²) in [6.07, 6.45) is 0. The zero-order valence-corrected chi connectivity index (χ0v) is 9.04. The zero-order valence-electron chi connectivity index (χ0n) is 8.14. The van der Waals surface area contributed by atoms with Crippen molar-refractivity contribution < 1.29 is 0 Å². The largest absolute Gasteiger partial charge is 0.0622 e. The summed E-state index contributed by atoms with van der Waals surface area (Å²) in [6.45, 7) is 2.11. The Morgan fingerprint density at radius 2 is 1.29 bits per heavy atom. The van der Waals surface area contributed by atoms with Crippen LogP contribution in [0.4, 0.5) is 0 Å². The fraction of sp³-hybridized carbons (Fsp3) is 0.0769. The molecule has 0 aliphatic heterocycles. The molecule has 0 heterocycles. The lowest BCUT2D eigenvalue weighted by Crippen LogP contribution is -2.01. The number of hydrogen-bond acceptors (Lipinski definition) is 0. The van der Waals surface area contributed by atoms with Crippen LogP contribution in [-0.4, -0.2) is 0 Å². The fourth-order valence-electron chi connectivity index (χ4n) is 1.27. The molecular formula is C13H12P. The minimum absolute atomic E-state index is 1.28. The van der Waals surface area contributed by atoms with Gasteiger partial charge in [0.05, 0.1) is 0 Å². The number of aryl methyl sites for hydroxylation is 1. The molecule has 0 aromatic heterocycles. The van der Waals surface area contributed by atoms with Gasteiger partial charge in [-0.05, 0) is 26.1 Å². The first-order valence-corrected chi connectivity index (χ1v) is 5.57. The van der Waals surface area contributed by atoms with Gasteiger partial charge in [-0.2, -0.15) is 0 Å². The molecular weight excluding hydrogens is 187 g/mol. The number of rotatable bonds is 2. The Balaban J connectivity index is 2.16. The molecule has 2 aromatic carbocycles. The highest BCUT2D eigenvalue weighted by atomic mass is 31.1. The van der Waals surface area contributed by atoms with Crippen molar-refractivity contribution in [1.82, 2.24) is 0 Å². The van der Waals surface area contributed by atoms with Crippen molar-refractivity contribution >= 4 is 19.2 Å². The summed E-state index contributed by atoms with van der Waals surface area (Å²) < 4.78 is 0. The van der Waals surface area contributed by atoms with Crippen LogP contribution in [0.5, 0.6) is 0 Å². The van der Waals surface area contributed by atoms with Crippen LogP contribution in [0.25, 0.3) is 0 Å². The van der Waals surface area contributed by atoms with Crippen LogP contribution in [0, 0.1) is 6.92 Å². The van der Waals surface area contributed by atoms with E-state index in [4.69, 9.17) is 0 Å². The molecule has 0 aliphatic rings. The van der Waals surface area contributed by atoms with Crippen molar-refractivity contribution in [2.75, 3.05) is 0 Å². The van der Waals surface area contributed by atoms with Crippen LogP contribution in [0.2, 0.25) is 0 Å². The predicted octanol–water partition coefficient (Wildman–Crippen LogP) is 2.89. The second-order valence-electron chi connectivity index (χ2n) is 3.28. The minimum Gasteiger partial charge on any atom is -0.0622 e. The molecule has 14 heavy (non-hydrogen) atoms. The quantitative estimate of drug-likeness (QED) is 0.652. The van der Waals surface area contributed by atoms with Gasteiger partial charge in [0.25, 0.3) is 0 Å². The van der Waals surface area contributed by atoms with E-state index in [1.165, 1.54) is 24.8 Å². The van der Waals surface area contributed by atoms with Crippen molar-refractivity contribution in [2.24, 2.45) is 0 Å². The van der Waals surface area contributed by atoms with Gasteiger partial charge in [0.1, 0.15) is 0 Å².